The summed E-state index contributed by atoms with van der Waals surface area (Å²) in [5.74, 6) is -3.28. The van der Waals surface area contributed by atoms with Gasteiger partial charge in [-0.15, -0.1) is 0 Å². The van der Waals surface area contributed by atoms with Gasteiger partial charge in [-0.05, 0) is 13.0 Å². The molecule has 1 aliphatic heterocycles. The summed E-state index contributed by atoms with van der Waals surface area (Å²) < 4.78 is 0. The van der Waals surface area contributed by atoms with E-state index in [-0.39, 0.29) is 63.9 Å². The van der Waals surface area contributed by atoms with Crippen LogP contribution in [0.2, 0.25) is 0 Å². The van der Waals surface area contributed by atoms with Crippen LogP contribution in [0.25, 0.3) is 0 Å². The summed E-state index contributed by atoms with van der Waals surface area (Å²) in [4.78, 5) is 81.7. The molecule has 7 amide bonds. The maximum absolute atomic E-state index is 11.7. The molecule has 0 fully saturated rings. The van der Waals surface area contributed by atoms with Crippen molar-refractivity contribution in [1.82, 2.24) is 31.5 Å². The number of amides is 7. The zero-order chi connectivity index (χ0) is 24.6. The lowest BCUT2D eigenvalue weighted by Gasteiger charge is -2.14. The summed E-state index contributed by atoms with van der Waals surface area (Å²) in [5, 5.41) is 11.9. The number of rotatable bonds is 15. The minimum Gasteiger partial charge on any atom is -0.354 e. The lowest BCUT2D eigenvalue weighted by Crippen LogP contribution is -2.44. The topological polar surface area (TPSA) is 209 Å². The Morgan fingerprint density at radius 3 is 1.67 bits per heavy atom. The van der Waals surface area contributed by atoms with Crippen molar-refractivity contribution in [2.75, 3.05) is 45.8 Å². The zero-order valence-corrected chi connectivity index (χ0v) is 18.1. The van der Waals surface area contributed by atoms with Gasteiger partial charge in [0.1, 0.15) is 0 Å². The second kappa shape index (κ2) is 15.1. The molecule has 0 saturated heterocycles. The van der Waals surface area contributed by atoms with E-state index >= 15 is 0 Å². The van der Waals surface area contributed by atoms with Gasteiger partial charge in [-0.25, -0.2) is 0 Å². The van der Waals surface area contributed by atoms with E-state index in [9.17, 15) is 33.6 Å². The van der Waals surface area contributed by atoms with Crippen molar-refractivity contribution < 1.29 is 33.6 Å². The molecule has 0 spiro atoms. The third kappa shape index (κ3) is 12.0. The van der Waals surface area contributed by atoms with E-state index in [2.05, 4.69) is 26.6 Å². The standard InChI is InChI=1S/C19H29N7O7/c20-6-1-2-13(27)23-11-16(30)25-12-17(31)24-10-15(29)21-7-5-14(28)22-8-9-26-18(32)3-4-19(26)33/h3-4H,1-2,5-12,20H2,(H,21,29)(H,22,28)(H,23,27)(H,24,31)(H,25,30). The van der Waals surface area contributed by atoms with Gasteiger partial charge in [0.2, 0.25) is 29.5 Å². The number of carbonyl (C=O) groups excluding carboxylic acids is 7. The Balaban J connectivity index is 2.05. The van der Waals surface area contributed by atoms with Gasteiger partial charge in [-0.1, -0.05) is 0 Å². The van der Waals surface area contributed by atoms with Gasteiger partial charge in [0.25, 0.3) is 11.8 Å². The molecular formula is C19H29N7O7. The number of carbonyl (C=O) groups is 7. The summed E-state index contributed by atoms with van der Waals surface area (Å²) in [6.45, 7) is -0.477. The van der Waals surface area contributed by atoms with E-state index in [4.69, 9.17) is 5.73 Å². The van der Waals surface area contributed by atoms with Gasteiger partial charge in [0, 0.05) is 44.6 Å². The summed E-state index contributed by atoms with van der Waals surface area (Å²) >= 11 is 0. The number of nitrogens with two attached hydrogens (primary N) is 1. The van der Waals surface area contributed by atoms with Crippen molar-refractivity contribution in [2.24, 2.45) is 5.73 Å². The summed E-state index contributed by atoms with van der Waals surface area (Å²) in [7, 11) is 0. The second-order valence-corrected chi connectivity index (χ2v) is 6.83. The molecule has 0 saturated carbocycles. The predicted octanol–water partition coefficient (Wildman–Crippen LogP) is -4.38. The second-order valence-electron chi connectivity index (χ2n) is 6.83. The minimum atomic E-state index is -0.605. The van der Waals surface area contributed by atoms with Crippen LogP contribution in [0.3, 0.4) is 0 Å². The van der Waals surface area contributed by atoms with Crippen molar-refractivity contribution in [3.05, 3.63) is 12.2 Å². The van der Waals surface area contributed by atoms with Crippen LogP contribution in [-0.2, 0) is 33.6 Å². The summed E-state index contributed by atoms with van der Waals surface area (Å²) in [5.41, 5.74) is 5.28. The van der Waals surface area contributed by atoms with E-state index in [1.54, 1.807) is 0 Å². The average Bonchev–Trinajstić information content (AvgIpc) is 3.10. The monoisotopic (exact) mass is 467 g/mol. The molecule has 0 atom stereocenters. The Bertz CT molecular complexity index is 779. The van der Waals surface area contributed by atoms with Crippen LogP contribution in [-0.4, -0.2) is 92.1 Å². The van der Waals surface area contributed by atoms with Crippen LogP contribution < -0.4 is 32.3 Å². The lowest BCUT2D eigenvalue weighted by atomic mass is 10.3. The van der Waals surface area contributed by atoms with Crippen molar-refractivity contribution in [1.29, 1.82) is 0 Å². The molecule has 33 heavy (non-hydrogen) atoms. The molecule has 14 heteroatoms. The number of hydrogen-bond acceptors (Lipinski definition) is 8. The molecule has 182 valence electrons. The molecule has 14 nitrogen and oxygen atoms in total. The van der Waals surface area contributed by atoms with Crippen LogP contribution in [0.1, 0.15) is 19.3 Å². The first-order valence-corrected chi connectivity index (χ1v) is 10.3. The normalized spacial score (nSPS) is 12.3. The van der Waals surface area contributed by atoms with Crippen molar-refractivity contribution in [3.63, 3.8) is 0 Å². The Morgan fingerprint density at radius 2 is 1.12 bits per heavy atom. The van der Waals surface area contributed by atoms with Crippen molar-refractivity contribution in [2.45, 2.75) is 19.3 Å². The van der Waals surface area contributed by atoms with Gasteiger partial charge in [-0.3, -0.25) is 38.5 Å². The third-order valence-corrected chi connectivity index (χ3v) is 4.18. The van der Waals surface area contributed by atoms with Gasteiger partial charge in [-0.2, -0.15) is 0 Å². The third-order valence-electron chi connectivity index (χ3n) is 4.18. The molecule has 0 aromatic heterocycles. The smallest absolute Gasteiger partial charge is 0.253 e. The average molecular weight is 467 g/mol. The maximum Gasteiger partial charge on any atom is 0.253 e. The first-order chi connectivity index (χ1) is 15.7. The molecule has 0 aromatic rings. The Morgan fingerprint density at radius 1 is 0.667 bits per heavy atom. The Kier molecular flexibility index (Phi) is 12.4. The predicted molar refractivity (Wildman–Crippen MR) is 114 cm³/mol. The van der Waals surface area contributed by atoms with Crippen LogP contribution >= 0.6 is 0 Å². The summed E-state index contributed by atoms with van der Waals surface area (Å²) in [6.07, 6.45) is 2.98. The number of imide groups is 1. The minimum absolute atomic E-state index is 0.0181. The molecule has 7 N–H and O–H groups in total. The Hall–Kier alpha value is -3.81. The fourth-order valence-electron chi connectivity index (χ4n) is 2.44. The van der Waals surface area contributed by atoms with Crippen LogP contribution in [0.15, 0.2) is 12.2 Å². The molecular weight excluding hydrogens is 438 g/mol. The number of nitrogens with zero attached hydrogens (tertiary/aromatic N) is 1. The molecule has 0 bridgehead atoms. The zero-order valence-electron chi connectivity index (χ0n) is 18.1. The molecule has 1 aliphatic rings. The van der Waals surface area contributed by atoms with Crippen molar-refractivity contribution in [3.8, 4) is 0 Å². The highest BCUT2D eigenvalue weighted by atomic mass is 16.2. The van der Waals surface area contributed by atoms with E-state index in [0.717, 1.165) is 17.1 Å². The van der Waals surface area contributed by atoms with E-state index in [1.165, 1.54) is 0 Å². The molecule has 0 aliphatic carbocycles. The maximum atomic E-state index is 11.7. The lowest BCUT2D eigenvalue weighted by molar-refractivity contribution is -0.137. The van der Waals surface area contributed by atoms with Gasteiger partial charge in [0.15, 0.2) is 0 Å². The molecule has 1 heterocycles. The quantitative estimate of drug-likeness (QED) is 0.129. The van der Waals surface area contributed by atoms with E-state index in [0.29, 0.717) is 13.0 Å². The molecule has 0 aromatic carbocycles. The van der Waals surface area contributed by atoms with Gasteiger partial charge < -0.3 is 32.3 Å². The highest BCUT2D eigenvalue weighted by Crippen LogP contribution is 2.01. The van der Waals surface area contributed by atoms with Crippen LogP contribution in [0.5, 0.6) is 0 Å². The van der Waals surface area contributed by atoms with E-state index < -0.39 is 29.5 Å². The van der Waals surface area contributed by atoms with Crippen molar-refractivity contribution >= 4 is 41.4 Å². The summed E-state index contributed by atoms with van der Waals surface area (Å²) in [6, 6.07) is 0. The SMILES string of the molecule is NCCCC(=O)NCC(=O)NCC(=O)NCC(=O)NCCC(=O)NCCN1C(=O)C=CC1=O. The van der Waals surface area contributed by atoms with Gasteiger partial charge >= 0.3 is 0 Å². The highest BCUT2D eigenvalue weighted by Gasteiger charge is 2.22. The molecule has 0 radical (unpaired) electrons. The fourth-order valence-corrected chi connectivity index (χ4v) is 2.44. The first kappa shape index (κ1) is 27.2. The van der Waals surface area contributed by atoms with Crippen LogP contribution in [0, 0.1) is 0 Å². The van der Waals surface area contributed by atoms with E-state index in [1.807, 2.05) is 0 Å². The number of hydrogen-bond donors (Lipinski definition) is 6. The molecule has 0 unspecified atom stereocenters. The Labute approximate surface area is 190 Å². The fraction of sp³-hybridized carbons (Fsp3) is 0.526. The highest BCUT2D eigenvalue weighted by molar-refractivity contribution is 6.12. The largest absolute Gasteiger partial charge is 0.354 e. The first-order valence-electron chi connectivity index (χ1n) is 10.3. The van der Waals surface area contributed by atoms with Gasteiger partial charge in [0.05, 0.1) is 19.6 Å². The molecule has 1 rings (SSSR count). The number of nitrogens with one attached hydrogen (secondary N) is 5. The van der Waals surface area contributed by atoms with Crippen LogP contribution in [0.4, 0.5) is 0 Å².